The Hall–Kier alpha value is 7.67. The summed E-state index contributed by atoms with van der Waals surface area (Å²) in [4.78, 5) is 4.81. The van der Waals surface area contributed by atoms with Gasteiger partial charge >= 0.3 is 0 Å². The van der Waals surface area contributed by atoms with Crippen molar-refractivity contribution in [2.75, 3.05) is 0 Å². The van der Waals surface area contributed by atoms with Crippen molar-refractivity contribution >= 4 is 401 Å². The fourth-order valence-corrected chi connectivity index (χ4v) is 105. The minimum atomic E-state index is 0.227. The quantitative estimate of drug-likeness (QED) is 0.328. The van der Waals surface area contributed by atoms with Gasteiger partial charge in [0.15, 0.2) is 0 Å². The van der Waals surface area contributed by atoms with Crippen LogP contribution in [0.2, 0.25) is 0 Å². The zero-order valence-electron chi connectivity index (χ0n) is 30.0. The minimum Gasteiger partial charge on any atom is -0.299 e. The third-order valence-electron chi connectivity index (χ3n) is 5.13. The largest absolute Gasteiger partial charge is 0.299 e. The van der Waals surface area contributed by atoms with Crippen LogP contribution in [0.1, 0.15) is 37.7 Å². The summed E-state index contributed by atoms with van der Waals surface area (Å²) < 4.78 is 3.30. The lowest BCUT2D eigenvalue weighted by Crippen LogP contribution is -2.12. The second-order valence-electron chi connectivity index (χ2n) is 9.66. The summed E-state index contributed by atoms with van der Waals surface area (Å²) in [6, 6.07) is 8.53. The Morgan fingerprint density at radius 2 is 0.710 bits per heavy atom. The van der Waals surface area contributed by atoms with Crippen LogP contribution in [-0.4, -0.2) is 9.38 Å². The third-order valence-corrected chi connectivity index (χ3v) is 90.2. The van der Waals surface area contributed by atoms with Crippen LogP contribution < -0.4 is 0 Å². The maximum absolute atomic E-state index is 4.81. The van der Waals surface area contributed by atoms with E-state index in [-0.39, 0.29) is 5.41 Å². The maximum atomic E-state index is 4.81. The van der Waals surface area contributed by atoms with Gasteiger partial charge in [0.25, 0.3) is 0 Å². The molecule has 0 bridgehead atoms. The van der Waals surface area contributed by atoms with Gasteiger partial charge in [-0.3, -0.25) is 4.40 Å². The van der Waals surface area contributed by atoms with Crippen molar-refractivity contribution in [3.63, 3.8) is 0 Å². The average molecular weight is 1660 g/mol. The molecule has 356 valence electrons. The summed E-state index contributed by atoms with van der Waals surface area (Å²) in [6.45, 7) is 11.2. The fourth-order valence-electron chi connectivity index (χ4n) is 3.41. The molecule has 0 fully saturated rings. The molecular formula is C18H21BrN2S41. The highest BCUT2D eigenvalue weighted by Gasteiger charge is 2.21. The van der Waals surface area contributed by atoms with Crippen LogP contribution in [0, 0.1) is 19.3 Å². The Morgan fingerprint density at radius 3 is 0.968 bits per heavy atom. The standard InChI is InChI=1S/C18H21BrN2.S41/c1-11-12(2)21-15(10-18(3,4)5)16(19)20-17(21)14-9-7-6-8-13(11)14;1-3-5-7-9-11-13-15-17-19-21-23-25-27-29-31-33-35-37-39-41-40-38-36-34-32-30-28-26-24-22-20-18-16-14-12-10-8-6-4-2/h6-9H,10H2,1-5H3;. The SMILES string of the molecule is Cc1c(C)n2c(CC(C)(C)C)c(Br)nc2c2ccccc12.S=S=S=S=S=S=S=S=S=S=S=S=S=S=S=S=S=S=S=S=S=S=S=S=S=S=S=S=S=S=S=S=S=S=S=S=S=S=S=S=S. The van der Waals surface area contributed by atoms with Crippen LogP contribution in [0.5, 0.6) is 0 Å². The van der Waals surface area contributed by atoms with Crippen LogP contribution >= 0.6 is 15.9 Å². The molecule has 2 nitrogen and oxygen atoms in total. The lowest BCUT2D eigenvalue weighted by Gasteiger charge is -2.19. The van der Waals surface area contributed by atoms with Crippen molar-refractivity contribution in [2.45, 2.75) is 41.0 Å². The molecule has 62 heavy (non-hydrogen) atoms. The van der Waals surface area contributed by atoms with E-state index >= 15 is 0 Å². The molecule has 0 aliphatic rings. The normalized spacial score (nSPS) is 9.32. The smallest absolute Gasteiger partial charge is 0.146 e. The third kappa shape index (κ3) is 34.3. The van der Waals surface area contributed by atoms with Gasteiger partial charge in [-0.15, -0.1) is 0 Å². The number of hydrogen-bond acceptors (Lipinski definition) is 3. The molecule has 0 aliphatic heterocycles. The van der Waals surface area contributed by atoms with Gasteiger partial charge in [0.1, 0.15) is 10.3 Å². The topological polar surface area (TPSA) is 17.3 Å². The first-order valence-corrected chi connectivity index (χ1v) is 68.1. The molecule has 0 unspecified atom stereocenters. The van der Waals surface area contributed by atoms with Crippen molar-refractivity contribution in [3.05, 3.63) is 45.8 Å². The van der Waals surface area contributed by atoms with E-state index in [4.69, 9.17) is 27.4 Å². The summed E-state index contributed by atoms with van der Waals surface area (Å²) in [5, 5.41) is 2.52. The van der Waals surface area contributed by atoms with Gasteiger partial charge in [-0.1, -0.05) is 45.0 Å². The number of aryl methyl sites for hydroxylation is 2. The lowest BCUT2D eigenvalue weighted by atomic mass is 9.90. The van der Waals surface area contributed by atoms with E-state index in [1.807, 2.05) is 222 Å². The molecule has 44 heteroatoms. The van der Waals surface area contributed by atoms with Crippen LogP contribution in [0.3, 0.4) is 0 Å². The van der Waals surface area contributed by atoms with Crippen LogP contribution in [0.15, 0.2) is 28.9 Å². The van der Waals surface area contributed by atoms with E-state index < -0.39 is 0 Å². The molecule has 0 saturated carbocycles. The number of pyridine rings is 1. The van der Waals surface area contributed by atoms with E-state index in [0.29, 0.717) is 0 Å². The number of aromatic nitrogens is 2. The van der Waals surface area contributed by atoms with E-state index in [2.05, 4.69) is 79.2 Å². The Balaban J connectivity index is 0.000000518. The van der Waals surface area contributed by atoms with Crippen molar-refractivity contribution in [1.82, 2.24) is 9.38 Å². The fraction of sp³-hybridized carbons (Fsp3) is 0.389. The second-order valence-corrected chi connectivity index (χ2v) is 79.4. The Labute approximate surface area is 490 Å². The Kier molecular flexibility index (Phi) is 48.8. The Bertz CT molecular complexity index is 3830. The summed E-state index contributed by atoms with van der Waals surface area (Å²) in [7, 11) is 69.2. The molecule has 3 aromatic rings. The van der Waals surface area contributed by atoms with Gasteiger partial charge in [0.2, 0.25) is 0 Å². The van der Waals surface area contributed by atoms with Gasteiger partial charge in [-0.05, 0) is 52.6 Å². The summed E-state index contributed by atoms with van der Waals surface area (Å²) >= 11 is 13.3. The monoisotopic (exact) mass is 1650 g/mol. The average Bonchev–Trinajstić information content (AvgIpc) is 3.58. The number of benzene rings is 1. The Morgan fingerprint density at radius 1 is 0.452 bits per heavy atom. The summed E-state index contributed by atoms with van der Waals surface area (Å²) in [5.41, 5.74) is 5.16. The highest BCUT2D eigenvalue weighted by Crippen LogP contribution is 2.33. The molecule has 0 spiro atoms. The first kappa shape index (κ1) is 65.8. The highest BCUT2D eigenvalue weighted by atomic mass is 79.9. The van der Waals surface area contributed by atoms with Gasteiger partial charge < -0.3 is 0 Å². The summed E-state index contributed by atoms with van der Waals surface area (Å²) in [6.07, 6.45) is 0.993. The van der Waals surface area contributed by atoms with Crippen molar-refractivity contribution in [1.29, 1.82) is 0 Å². The molecule has 0 radical (unpaired) electrons. The molecule has 1 aromatic carbocycles. The maximum Gasteiger partial charge on any atom is 0.146 e. The van der Waals surface area contributed by atoms with E-state index in [1.165, 1.54) is 45.5 Å². The predicted octanol–water partition coefficient (Wildman–Crippen LogP) is 5.36. The minimum absolute atomic E-state index is 0.227. The van der Waals surface area contributed by atoms with Gasteiger partial charge in [0.05, 0.1) is 5.69 Å². The van der Waals surface area contributed by atoms with Crippen molar-refractivity contribution in [2.24, 2.45) is 5.41 Å². The number of imidazole rings is 1. The molecule has 0 atom stereocenters. The molecule has 0 amide bonds. The number of hydrogen-bond donors (Lipinski definition) is 0. The lowest BCUT2D eigenvalue weighted by molar-refractivity contribution is 0.404. The number of halogens is 1. The molecule has 3 rings (SSSR count). The van der Waals surface area contributed by atoms with Crippen molar-refractivity contribution < 1.29 is 0 Å². The van der Waals surface area contributed by atoms with Crippen LogP contribution in [0.25, 0.3) is 16.4 Å². The van der Waals surface area contributed by atoms with E-state index in [9.17, 15) is 0 Å². The van der Waals surface area contributed by atoms with E-state index in [0.717, 1.165) is 16.7 Å². The molecular weight excluding hydrogens is 1640 g/mol. The number of fused-ring (bicyclic) bond motifs is 3. The first-order valence-electron chi connectivity index (χ1n) is 14.0. The van der Waals surface area contributed by atoms with Crippen LogP contribution in [-0.2, 0) is 375 Å². The zero-order valence-corrected chi connectivity index (χ0v) is 65.1. The molecule has 0 saturated heterocycles. The van der Waals surface area contributed by atoms with Crippen LogP contribution in [0.4, 0.5) is 0 Å². The molecule has 2 heterocycles. The first-order chi connectivity index (χ1) is 30.2. The molecule has 0 aliphatic carbocycles. The highest BCUT2D eigenvalue weighted by molar-refractivity contribution is 9.10. The molecule has 0 N–H and O–H groups in total. The van der Waals surface area contributed by atoms with Gasteiger partial charge in [-0.2, -0.15) is 0 Å². The van der Waals surface area contributed by atoms with E-state index in [1.54, 1.807) is 107 Å². The predicted molar refractivity (Wildman–Crippen MR) is 395 cm³/mol. The number of rotatable bonds is 1. The second kappa shape index (κ2) is 46.0. The zero-order chi connectivity index (χ0) is 44.9. The van der Waals surface area contributed by atoms with Gasteiger partial charge in [0, 0.05) is 380 Å². The number of nitrogens with zero attached hydrogens (tertiary/aromatic N) is 2. The van der Waals surface area contributed by atoms with Crippen molar-refractivity contribution in [3.8, 4) is 0 Å². The summed E-state index contributed by atoms with van der Waals surface area (Å²) in [5.74, 6) is 0. The molecule has 2 aromatic heterocycles. The van der Waals surface area contributed by atoms with Gasteiger partial charge in [-0.25, -0.2) is 4.98 Å².